The molecule has 1 heterocycles. The highest BCUT2D eigenvalue weighted by Gasteiger charge is 2.19. The average Bonchev–Trinajstić information content (AvgIpc) is 2.73. The second-order valence-electron chi connectivity index (χ2n) is 7.43. The number of rotatable bonds is 7. The van der Waals surface area contributed by atoms with Gasteiger partial charge < -0.3 is 10.6 Å². The summed E-state index contributed by atoms with van der Waals surface area (Å²) >= 11 is 1.27. The minimum absolute atomic E-state index is 0.128. The Morgan fingerprint density at radius 1 is 0.968 bits per heavy atom. The molecule has 2 aromatic carbocycles. The molecule has 0 radical (unpaired) electrons. The Balaban J connectivity index is 1.75. The number of nitrogens with one attached hydrogen (secondary N) is 2. The molecule has 160 valence electrons. The number of carbonyl (C=O) groups is 2. The van der Waals surface area contributed by atoms with Crippen molar-refractivity contribution in [1.29, 1.82) is 0 Å². The van der Waals surface area contributed by atoms with Gasteiger partial charge in [0.25, 0.3) is 5.91 Å². The first-order valence-electron chi connectivity index (χ1n) is 10.2. The van der Waals surface area contributed by atoms with Crippen LogP contribution in [0.2, 0.25) is 0 Å². The number of nitrogens with zero attached hydrogens (tertiary/aromatic N) is 1. The molecule has 6 heteroatoms. The first-order valence-corrected chi connectivity index (χ1v) is 11.2. The van der Waals surface area contributed by atoms with E-state index in [2.05, 4.69) is 22.5 Å². The third kappa shape index (κ3) is 5.95. The van der Waals surface area contributed by atoms with Crippen LogP contribution in [0.1, 0.15) is 39.7 Å². The standard InChI is InChI=1S/C25H27N3O2S/c1-5-19-8-6-7-9-21(19)28-22(29)15-31-25-23(17(3)14-18(4)26-25)24(30)27-20-12-10-16(2)11-13-20/h6-14H,5,15H2,1-4H3,(H,27,30)(H,28,29). The Labute approximate surface area is 187 Å². The van der Waals surface area contributed by atoms with Crippen molar-refractivity contribution in [2.45, 2.75) is 39.1 Å². The fourth-order valence-corrected chi connectivity index (χ4v) is 4.23. The topological polar surface area (TPSA) is 71.1 Å². The van der Waals surface area contributed by atoms with Crippen molar-refractivity contribution in [3.05, 3.63) is 82.5 Å². The lowest BCUT2D eigenvalue weighted by molar-refractivity contribution is -0.113. The van der Waals surface area contributed by atoms with Crippen LogP contribution < -0.4 is 10.6 Å². The lowest BCUT2D eigenvalue weighted by Gasteiger charge is -2.14. The Morgan fingerprint density at radius 3 is 2.39 bits per heavy atom. The summed E-state index contributed by atoms with van der Waals surface area (Å²) in [6.07, 6.45) is 0.839. The number of aryl methyl sites for hydroxylation is 4. The number of aromatic nitrogens is 1. The molecule has 5 nitrogen and oxygen atoms in total. The molecule has 0 aliphatic heterocycles. The summed E-state index contributed by atoms with van der Waals surface area (Å²) < 4.78 is 0. The maximum Gasteiger partial charge on any atom is 0.258 e. The summed E-state index contributed by atoms with van der Waals surface area (Å²) in [6.45, 7) is 7.83. The number of hydrogen-bond acceptors (Lipinski definition) is 4. The average molecular weight is 434 g/mol. The van der Waals surface area contributed by atoms with Gasteiger partial charge in [0, 0.05) is 17.1 Å². The van der Waals surface area contributed by atoms with Gasteiger partial charge in [0.05, 0.1) is 11.3 Å². The van der Waals surface area contributed by atoms with Crippen LogP contribution in [0.4, 0.5) is 11.4 Å². The van der Waals surface area contributed by atoms with E-state index >= 15 is 0 Å². The normalized spacial score (nSPS) is 10.6. The molecular weight excluding hydrogens is 406 g/mol. The second-order valence-corrected chi connectivity index (χ2v) is 8.39. The minimum atomic E-state index is -0.229. The van der Waals surface area contributed by atoms with Crippen LogP contribution >= 0.6 is 11.8 Å². The molecular formula is C25H27N3O2S. The van der Waals surface area contributed by atoms with Gasteiger partial charge in [-0.1, -0.05) is 54.6 Å². The quantitative estimate of drug-likeness (QED) is 0.479. The van der Waals surface area contributed by atoms with E-state index < -0.39 is 0 Å². The number of hydrogen-bond donors (Lipinski definition) is 2. The summed E-state index contributed by atoms with van der Waals surface area (Å²) in [7, 11) is 0. The molecule has 3 rings (SSSR count). The van der Waals surface area contributed by atoms with Crippen LogP contribution in [-0.4, -0.2) is 22.6 Å². The van der Waals surface area contributed by atoms with Gasteiger partial charge in [-0.05, 0) is 62.6 Å². The number of anilines is 2. The molecule has 2 N–H and O–H groups in total. The zero-order valence-electron chi connectivity index (χ0n) is 18.3. The lowest BCUT2D eigenvalue weighted by atomic mass is 10.1. The largest absolute Gasteiger partial charge is 0.325 e. The summed E-state index contributed by atoms with van der Waals surface area (Å²) in [5.74, 6) is -0.191. The molecule has 0 unspecified atom stereocenters. The zero-order chi connectivity index (χ0) is 22.4. The molecule has 0 aliphatic rings. The van der Waals surface area contributed by atoms with Gasteiger partial charge in [-0.3, -0.25) is 9.59 Å². The van der Waals surface area contributed by atoms with E-state index in [0.29, 0.717) is 10.6 Å². The minimum Gasteiger partial charge on any atom is -0.325 e. The van der Waals surface area contributed by atoms with E-state index in [0.717, 1.165) is 40.2 Å². The molecule has 0 bridgehead atoms. The number of para-hydroxylation sites is 1. The molecule has 0 saturated heterocycles. The van der Waals surface area contributed by atoms with E-state index in [4.69, 9.17) is 0 Å². The number of carbonyl (C=O) groups excluding carboxylic acids is 2. The van der Waals surface area contributed by atoms with Gasteiger partial charge in [0.2, 0.25) is 5.91 Å². The molecule has 0 saturated carbocycles. The Bertz CT molecular complexity index is 1090. The van der Waals surface area contributed by atoms with Crippen LogP contribution in [0.3, 0.4) is 0 Å². The molecule has 1 aromatic heterocycles. The third-order valence-corrected chi connectivity index (χ3v) is 5.84. The Hall–Kier alpha value is -3.12. The van der Waals surface area contributed by atoms with Crippen molar-refractivity contribution in [3.63, 3.8) is 0 Å². The fraction of sp³-hybridized carbons (Fsp3) is 0.240. The fourth-order valence-electron chi connectivity index (χ4n) is 3.28. The number of benzene rings is 2. The van der Waals surface area contributed by atoms with Gasteiger partial charge in [0.1, 0.15) is 5.03 Å². The Morgan fingerprint density at radius 2 is 1.68 bits per heavy atom. The van der Waals surface area contributed by atoms with E-state index in [9.17, 15) is 9.59 Å². The van der Waals surface area contributed by atoms with E-state index in [1.165, 1.54) is 11.8 Å². The number of pyridine rings is 1. The molecule has 0 aliphatic carbocycles. The summed E-state index contributed by atoms with van der Waals surface area (Å²) in [5.41, 5.74) is 5.89. The predicted molar refractivity (Wildman–Crippen MR) is 128 cm³/mol. The number of thioether (sulfide) groups is 1. The molecule has 0 spiro atoms. The van der Waals surface area contributed by atoms with Crippen LogP contribution in [0, 0.1) is 20.8 Å². The van der Waals surface area contributed by atoms with Crippen molar-refractivity contribution in [3.8, 4) is 0 Å². The van der Waals surface area contributed by atoms with E-state index in [1.54, 1.807) is 0 Å². The maximum atomic E-state index is 13.0. The zero-order valence-corrected chi connectivity index (χ0v) is 19.1. The van der Waals surface area contributed by atoms with E-state index in [1.807, 2.05) is 75.4 Å². The second kappa shape index (κ2) is 10.3. The van der Waals surface area contributed by atoms with Crippen LogP contribution in [0.15, 0.2) is 59.6 Å². The highest BCUT2D eigenvalue weighted by Crippen LogP contribution is 2.26. The Kier molecular flexibility index (Phi) is 7.47. The molecule has 0 atom stereocenters. The van der Waals surface area contributed by atoms with Gasteiger partial charge >= 0.3 is 0 Å². The molecule has 0 fully saturated rings. The molecule has 31 heavy (non-hydrogen) atoms. The summed E-state index contributed by atoms with van der Waals surface area (Å²) in [6, 6.07) is 17.3. The summed E-state index contributed by atoms with van der Waals surface area (Å²) in [5, 5.41) is 6.46. The van der Waals surface area contributed by atoms with Crippen molar-refractivity contribution in [2.24, 2.45) is 0 Å². The SMILES string of the molecule is CCc1ccccc1NC(=O)CSc1nc(C)cc(C)c1C(=O)Nc1ccc(C)cc1. The third-order valence-electron chi connectivity index (χ3n) is 4.86. The van der Waals surface area contributed by atoms with Crippen LogP contribution in [0.5, 0.6) is 0 Å². The first kappa shape index (κ1) is 22.6. The molecule has 3 aromatic rings. The van der Waals surface area contributed by atoms with Crippen LogP contribution in [-0.2, 0) is 11.2 Å². The lowest BCUT2D eigenvalue weighted by Crippen LogP contribution is -2.18. The van der Waals surface area contributed by atoms with Gasteiger partial charge in [-0.2, -0.15) is 0 Å². The molecule has 2 amide bonds. The monoisotopic (exact) mass is 433 g/mol. The van der Waals surface area contributed by atoms with Crippen molar-refractivity contribution >= 4 is 35.0 Å². The van der Waals surface area contributed by atoms with Crippen molar-refractivity contribution < 1.29 is 9.59 Å². The van der Waals surface area contributed by atoms with Crippen molar-refractivity contribution in [1.82, 2.24) is 4.98 Å². The highest BCUT2D eigenvalue weighted by molar-refractivity contribution is 8.00. The van der Waals surface area contributed by atoms with Gasteiger partial charge in [-0.25, -0.2) is 4.98 Å². The van der Waals surface area contributed by atoms with Gasteiger partial charge in [-0.15, -0.1) is 0 Å². The van der Waals surface area contributed by atoms with Gasteiger partial charge in [0.15, 0.2) is 0 Å². The van der Waals surface area contributed by atoms with Crippen LogP contribution in [0.25, 0.3) is 0 Å². The van der Waals surface area contributed by atoms with Crippen molar-refractivity contribution in [2.75, 3.05) is 16.4 Å². The summed E-state index contributed by atoms with van der Waals surface area (Å²) in [4.78, 5) is 30.1. The first-order chi connectivity index (χ1) is 14.9. The highest BCUT2D eigenvalue weighted by atomic mass is 32.2. The predicted octanol–water partition coefficient (Wildman–Crippen LogP) is 5.55. The maximum absolute atomic E-state index is 13.0. The number of amides is 2. The smallest absolute Gasteiger partial charge is 0.258 e. The van der Waals surface area contributed by atoms with E-state index in [-0.39, 0.29) is 17.6 Å².